The van der Waals surface area contributed by atoms with Crippen molar-refractivity contribution in [1.29, 1.82) is 0 Å². The Hall–Kier alpha value is -3.40. The Labute approximate surface area is 150 Å². The minimum atomic E-state index is -0.719. The number of phenols is 1. The SMILES string of the molecule is O=C(CSc1n[nH]c(=O)[nH]c1=O)N/N=C/c1c(O)ccc2ccccc12. The van der Waals surface area contributed by atoms with Gasteiger partial charge in [-0.05, 0) is 16.8 Å². The summed E-state index contributed by atoms with van der Waals surface area (Å²) < 4.78 is 0. The van der Waals surface area contributed by atoms with Gasteiger partial charge < -0.3 is 5.11 Å². The van der Waals surface area contributed by atoms with Gasteiger partial charge in [0.25, 0.3) is 5.56 Å². The molecule has 9 nitrogen and oxygen atoms in total. The lowest BCUT2D eigenvalue weighted by molar-refractivity contribution is -0.118. The molecule has 1 aromatic heterocycles. The van der Waals surface area contributed by atoms with Crippen LogP contribution >= 0.6 is 11.8 Å². The van der Waals surface area contributed by atoms with Gasteiger partial charge in [-0.3, -0.25) is 14.6 Å². The molecule has 0 atom stereocenters. The van der Waals surface area contributed by atoms with Crippen LogP contribution in [0, 0.1) is 0 Å². The molecule has 1 heterocycles. The quantitative estimate of drug-likeness (QED) is 0.293. The van der Waals surface area contributed by atoms with Crippen LogP contribution in [0.4, 0.5) is 0 Å². The summed E-state index contributed by atoms with van der Waals surface area (Å²) in [6.45, 7) is 0. The van der Waals surface area contributed by atoms with Crippen molar-refractivity contribution in [3.63, 3.8) is 0 Å². The maximum Gasteiger partial charge on any atom is 0.342 e. The Morgan fingerprint density at radius 2 is 2.08 bits per heavy atom. The third-order valence-corrected chi connectivity index (χ3v) is 4.31. The first-order chi connectivity index (χ1) is 12.5. The van der Waals surface area contributed by atoms with Crippen molar-refractivity contribution in [1.82, 2.24) is 20.6 Å². The van der Waals surface area contributed by atoms with Crippen molar-refractivity contribution in [2.24, 2.45) is 5.10 Å². The number of carbonyl (C=O) groups is 1. The number of carbonyl (C=O) groups excluding carboxylic acids is 1. The summed E-state index contributed by atoms with van der Waals surface area (Å²) in [5, 5.41) is 21.2. The van der Waals surface area contributed by atoms with Crippen LogP contribution in [0.5, 0.6) is 5.75 Å². The van der Waals surface area contributed by atoms with Gasteiger partial charge in [-0.15, -0.1) is 0 Å². The van der Waals surface area contributed by atoms with Crippen molar-refractivity contribution >= 4 is 34.7 Å². The number of H-pyrrole nitrogens is 2. The molecule has 2 aromatic carbocycles. The van der Waals surface area contributed by atoms with E-state index in [0.717, 1.165) is 22.5 Å². The molecule has 0 saturated carbocycles. The van der Waals surface area contributed by atoms with E-state index in [4.69, 9.17) is 0 Å². The van der Waals surface area contributed by atoms with Crippen LogP contribution in [0.2, 0.25) is 0 Å². The number of benzene rings is 2. The van der Waals surface area contributed by atoms with E-state index in [1.54, 1.807) is 12.1 Å². The third-order valence-electron chi connectivity index (χ3n) is 3.35. The monoisotopic (exact) mass is 371 g/mol. The van der Waals surface area contributed by atoms with Crippen LogP contribution in [0.3, 0.4) is 0 Å². The van der Waals surface area contributed by atoms with Gasteiger partial charge in [0.1, 0.15) is 5.75 Å². The molecular formula is C16H13N5O4S. The van der Waals surface area contributed by atoms with Gasteiger partial charge in [0.2, 0.25) is 5.91 Å². The Kier molecular flexibility index (Phi) is 5.13. The normalized spacial score (nSPS) is 11.1. The number of rotatable bonds is 5. The Morgan fingerprint density at radius 3 is 2.88 bits per heavy atom. The van der Waals surface area contributed by atoms with Gasteiger partial charge in [-0.2, -0.15) is 10.2 Å². The van der Waals surface area contributed by atoms with E-state index in [2.05, 4.69) is 20.7 Å². The lowest BCUT2D eigenvalue weighted by Gasteiger charge is -2.04. The highest BCUT2D eigenvalue weighted by molar-refractivity contribution is 7.99. The maximum atomic E-state index is 11.8. The zero-order chi connectivity index (χ0) is 18.5. The van der Waals surface area contributed by atoms with Crippen LogP contribution in [0.1, 0.15) is 5.56 Å². The van der Waals surface area contributed by atoms with E-state index in [-0.39, 0.29) is 16.5 Å². The number of nitrogens with one attached hydrogen (secondary N) is 3. The molecule has 0 radical (unpaired) electrons. The molecule has 10 heteroatoms. The minimum absolute atomic E-state index is 0.0320. The molecule has 0 spiro atoms. The second kappa shape index (κ2) is 7.66. The molecule has 3 rings (SSSR count). The minimum Gasteiger partial charge on any atom is -0.507 e. The lowest BCUT2D eigenvalue weighted by Crippen LogP contribution is -2.26. The highest BCUT2D eigenvalue weighted by Crippen LogP contribution is 2.25. The predicted molar refractivity (Wildman–Crippen MR) is 97.6 cm³/mol. The van der Waals surface area contributed by atoms with E-state index >= 15 is 0 Å². The van der Waals surface area contributed by atoms with E-state index in [9.17, 15) is 19.5 Å². The number of hydrogen-bond acceptors (Lipinski definition) is 7. The number of fused-ring (bicyclic) bond motifs is 1. The second-order valence-electron chi connectivity index (χ2n) is 5.11. The average Bonchev–Trinajstić information content (AvgIpc) is 2.63. The number of hydrazone groups is 1. The van der Waals surface area contributed by atoms with Crippen molar-refractivity contribution < 1.29 is 9.90 Å². The van der Waals surface area contributed by atoms with Crippen LogP contribution in [-0.4, -0.2) is 38.2 Å². The van der Waals surface area contributed by atoms with Gasteiger partial charge in [0, 0.05) is 5.56 Å². The van der Waals surface area contributed by atoms with E-state index in [1.807, 2.05) is 29.2 Å². The fraction of sp³-hybridized carbons (Fsp3) is 0.0625. The molecule has 4 N–H and O–H groups in total. The molecule has 26 heavy (non-hydrogen) atoms. The fourth-order valence-corrected chi connectivity index (χ4v) is 2.81. The zero-order valence-electron chi connectivity index (χ0n) is 13.2. The van der Waals surface area contributed by atoms with Crippen LogP contribution < -0.4 is 16.7 Å². The van der Waals surface area contributed by atoms with Gasteiger partial charge in [-0.25, -0.2) is 15.3 Å². The standard InChI is InChI=1S/C16H13N5O4S/c22-12-6-5-9-3-1-2-4-10(9)11(12)7-17-19-13(23)8-26-15-14(24)18-16(25)21-20-15/h1-7,22H,8H2,(H,19,23)(H2,18,21,24,25)/b17-7+. The van der Waals surface area contributed by atoms with Crippen LogP contribution in [-0.2, 0) is 4.79 Å². The van der Waals surface area contributed by atoms with Crippen LogP contribution in [0.25, 0.3) is 10.8 Å². The molecule has 0 aliphatic heterocycles. The second-order valence-corrected chi connectivity index (χ2v) is 6.08. The smallest absolute Gasteiger partial charge is 0.342 e. The number of phenolic OH excluding ortho intramolecular Hbond substituents is 1. The van der Waals surface area contributed by atoms with Gasteiger partial charge in [-0.1, -0.05) is 42.1 Å². The van der Waals surface area contributed by atoms with E-state index < -0.39 is 17.2 Å². The number of nitrogens with zero attached hydrogens (tertiary/aromatic N) is 2. The predicted octanol–water partition coefficient (Wildman–Crippen LogP) is 0.559. The van der Waals surface area contributed by atoms with Crippen molar-refractivity contribution in [3.05, 3.63) is 62.8 Å². The average molecular weight is 371 g/mol. The van der Waals surface area contributed by atoms with Crippen molar-refractivity contribution in [3.8, 4) is 5.75 Å². The summed E-state index contributed by atoms with van der Waals surface area (Å²) in [6, 6.07) is 10.8. The number of aromatic hydroxyl groups is 1. The molecule has 0 bridgehead atoms. The van der Waals surface area contributed by atoms with Gasteiger partial charge >= 0.3 is 5.69 Å². The fourth-order valence-electron chi connectivity index (χ4n) is 2.19. The largest absolute Gasteiger partial charge is 0.507 e. The summed E-state index contributed by atoms with van der Waals surface area (Å²) in [7, 11) is 0. The highest BCUT2D eigenvalue weighted by atomic mass is 32.2. The molecule has 0 aliphatic carbocycles. The molecule has 0 fully saturated rings. The molecule has 132 valence electrons. The van der Waals surface area contributed by atoms with Crippen molar-refractivity contribution in [2.45, 2.75) is 5.03 Å². The summed E-state index contributed by atoms with van der Waals surface area (Å²) in [4.78, 5) is 36.2. The topological polar surface area (TPSA) is 140 Å². The van der Waals surface area contributed by atoms with Gasteiger partial charge in [0.05, 0.1) is 12.0 Å². The first-order valence-corrected chi connectivity index (χ1v) is 8.37. The lowest BCUT2D eigenvalue weighted by atomic mass is 10.0. The molecule has 0 unspecified atom stereocenters. The Bertz CT molecular complexity index is 1110. The summed E-state index contributed by atoms with van der Waals surface area (Å²) >= 11 is 0.855. The first kappa shape index (κ1) is 17.4. The third kappa shape index (κ3) is 3.98. The Balaban J connectivity index is 1.65. The maximum absolute atomic E-state index is 11.8. The Morgan fingerprint density at radius 1 is 1.27 bits per heavy atom. The summed E-state index contributed by atoms with van der Waals surface area (Å²) in [5.41, 5.74) is 1.40. The highest BCUT2D eigenvalue weighted by Gasteiger charge is 2.08. The number of aromatic amines is 2. The van der Waals surface area contributed by atoms with E-state index in [1.165, 1.54) is 6.21 Å². The number of aromatic nitrogens is 3. The molecular weight excluding hydrogens is 358 g/mol. The number of amides is 1. The van der Waals surface area contributed by atoms with E-state index in [0.29, 0.717) is 5.56 Å². The summed E-state index contributed by atoms with van der Waals surface area (Å²) in [6.07, 6.45) is 1.35. The molecule has 0 saturated heterocycles. The zero-order valence-corrected chi connectivity index (χ0v) is 14.0. The first-order valence-electron chi connectivity index (χ1n) is 7.39. The van der Waals surface area contributed by atoms with Crippen LogP contribution in [0.15, 0.2) is 56.1 Å². The summed E-state index contributed by atoms with van der Waals surface area (Å²) in [5.74, 6) is -0.556. The van der Waals surface area contributed by atoms with Gasteiger partial charge in [0.15, 0.2) is 5.03 Å². The van der Waals surface area contributed by atoms with Crippen molar-refractivity contribution in [2.75, 3.05) is 5.75 Å². The number of thioether (sulfide) groups is 1. The molecule has 0 aliphatic rings. The number of hydrogen-bond donors (Lipinski definition) is 4. The molecule has 3 aromatic rings. The molecule has 1 amide bonds.